The number of hydrogen-bond donors (Lipinski definition) is 5. The highest BCUT2D eigenvalue weighted by Crippen LogP contribution is 2.49. The molecule has 0 radical (unpaired) electrons. The summed E-state index contributed by atoms with van der Waals surface area (Å²) in [7, 11) is 0. The van der Waals surface area contributed by atoms with Gasteiger partial charge in [0.2, 0.25) is 5.91 Å². The molecule has 0 aromatic heterocycles. The lowest BCUT2D eigenvalue weighted by molar-refractivity contribution is -0.123. The first kappa shape index (κ1) is 28.8. The Morgan fingerprint density at radius 2 is 1.92 bits per heavy atom. The van der Waals surface area contributed by atoms with Gasteiger partial charge in [-0.25, -0.2) is 8.78 Å². The summed E-state index contributed by atoms with van der Waals surface area (Å²) in [6.07, 6.45) is -0.367. The van der Waals surface area contributed by atoms with E-state index in [2.05, 4.69) is 10.6 Å². The number of aliphatic hydroxyl groups is 2. The van der Waals surface area contributed by atoms with Crippen molar-refractivity contribution in [3.8, 4) is 0 Å². The van der Waals surface area contributed by atoms with Gasteiger partial charge in [-0.2, -0.15) is 0 Å². The molecule has 0 saturated carbocycles. The number of rotatable bonds is 8. The van der Waals surface area contributed by atoms with E-state index in [1.54, 1.807) is 12.1 Å². The monoisotopic (exact) mass is 543 g/mol. The molecule has 36 heavy (non-hydrogen) atoms. The van der Waals surface area contributed by atoms with Crippen LogP contribution in [0.3, 0.4) is 0 Å². The molecule has 0 spiro atoms. The Hall–Kier alpha value is -1.81. The van der Waals surface area contributed by atoms with Gasteiger partial charge >= 0.3 is 0 Å². The second-order valence-electron chi connectivity index (χ2n) is 10.6. The zero-order valence-electron chi connectivity index (χ0n) is 20.5. The van der Waals surface area contributed by atoms with Crippen LogP contribution in [0.25, 0.3) is 0 Å². The van der Waals surface area contributed by atoms with Gasteiger partial charge < -0.3 is 26.6 Å². The van der Waals surface area contributed by atoms with Crippen molar-refractivity contribution >= 4 is 29.1 Å². The quantitative estimate of drug-likeness (QED) is 0.347. The van der Waals surface area contributed by atoms with Crippen LogP contribution < -0.4 is 16.4 Å². The lowest BCUT2D eigenvalue weighted by Gasteiger charge is -2.39. The summed E-state index contributed by atoms with van der Waals surface area (Å²) in [4.78, 5) is 13.4. The van der Waals surface area contributed by atoms with E-state index in [0.717, 1.165) is 0 Å². The standard InChI is InChI=1S/C26H33Cl2F2N3O3/c1-25(2,3)12-20-26(31,14-7-8-17(27)19(29)11-14)21(16-5-4-6-18(28)22(16)30)23(33-20)24(36)32-10-9-15(35)13-34/h4-8,11,15,20-21,23,33-35H,9-10,12-13,31H2,1-3H3,(H,32,36). The predicted molar refractivity (Wildman–Crippen MR) is 137 cm³/mol. The highest BCUT2D eigenvalue weighted by atomic mass is 35.5. The fraction of sp³-hybridized carbons (Fsp3) is 0.500. The van der Waals surface area contributed by atoms with Gasteiger partial charge in [-0.3, -0.25) is 4.79 Å². The molecule has 5 unspecified atom stereocenters. The summed E-state index contributed by atoms with van der Waals surface area (Å²) < 4.78 is 30.1. The number of benzene rings is 2. The van der Waals surface area contributed by atoms with Crippen molar-refractivity contribution < 1.29 is 23.8 Å². The van der Waals surface area contributed by atoms with Crippen LogP contribution in [0.15, 0.2) is 36.4 Å². The van der Waals surface area contributed by atoms with Gasteiger partial charge in [-0.15, -0.1) is 0 Å². The van der Waals surface area contributed by atoms with Gasteiger partial charge in [0.05, 0.1) is 34.3 Å². The van der Waals surface area contributed by atoms with Gasteiger partial charge in [0.1, 0.15) is 11.6 Å². The van der Waals surface area contributed by atoms with Gasteiger partial charge in [0.15, 0.2) is 0 Å². The minimum absolute atomic E-state index is 0.0807. The lowest BCUT2D eigenvalue weighted by Crippen LogP contribution is -2.52. The maximum atomic E-state index is 15.5. The third kappa shape index (κ3) is 6.01. The summed E-state index contributed by atoms with van der Waals surface area (Å²) in [5, 5.41) is 24.5. The minimum atomic E-state index is -1.42. The molecule has 1 fully saturated rings. The van der Waals surface area contributed by atoms with E-state index in [1.165, 1.54) is 24.3 Å². The second-order valence-corrected chi connectivity index (χ2v) is 11.4. The van der Waals surface area contributed by atoms with Crippen LogP contribution in [0.5, 0.6) is 0 Å². The van der Waals surface area contributed by atoms with Crippen LogP contribution >= 0.6 is 23.2 Å². The average molecular weight is 544 g/mol. The molecular weight excluding hydrogens is 511 g/mol. The van der Waals surface area contributed by atoms with E-state index in [-0.39, 0.29) is 34.0 Å². The molecule has 0 bridgehead atoms. The first-order valence-corrected chi connectivity index (χ1v) is 12.6. The highest BCUT2D eigenvalue weighted by molar-refractivity contribution is 6.31. The smallest absolute Gasteiger partial charge is 0.237 e. The maximum Gasteiger partial charge on any atom is 0.237 e. The summed E-state index contributed by atoms with van der Waals surface area (Å²) in [5.41, 5.74) is 5.96. The minimum Gasteiger partial charge on any atom is -0.394 e. The van der Waals surface area contributed by atoms with Crippen LogP contribution in [0.4, 0.5) is 8.78 Å². The molecule has 5 atom stereocenters. The second kappa shape index (κ2) is 11.3. The van der Waals surface area contributed by atoms with Gasteiger partial charge in [-0.1, -0.05) is 62.2 Å². The first-order chi connectivity index (χ1) is 16.8. The van der Waals surface area contributed by atoms with Crippen molar-refractivity contribution in [3.63, 3.8) is 0 Å². The number of nitrogens with one attached hydrogen (secondary N) is 2. The SMILES string of the molecule is CC(C)(C)CC1NC(C(=O)NCCC(O)CO)C(c2cccc(Cl)c2F)C1(N)c1ccc(Cl)c(F)c1. The van der Waals surface area contributed by atoms with Crippen molar-refractivity contribution in [1.82, 2.24) is 10.6 Å². The average Bonchev–Trinajstić information content (AvgIpc) is 3.08. The summed E-state index contributed by atoms with van der Waals surface area (Å²) in [6.45, 7) is 5.68. The third-order valence-corrected chi connectivity index (χ3v) is 7.23. The van der Waals surface area contributed by atoms with E-state index in [9.17, 15) is 14.3 Å². The molecule has 2 aromatic carbocycles. The number of amides is 1. The van der Waals surface area contributed by atoms with Gasteiger partial charge in [-0.05, 0) is 47.6 Å². The van der Waals surface area contributed by atoms with Crippen molar-refractivity contribution in [2.45, 2.75) is 63.3 Å². The molecule has 1 aliphatic rings. The summed E-state index contributed by atoms with van der Waals surface area (Å²) in [5.74, 6) is -2.82. The molecule has 1 heterocycles. The molecule has 198 valence electrons. The van der Waals surface area contributed by atoms with E-state index < -0.39 is 53.8 Å². The molecule has 3 rings (SSSR count). The van der Waals surface area contributed by atoms with E-state index in [1.807, 2.05) is 20.8 Å². The molecule has 1 saturated heterocycles. The first-order valence-electron chi connectivity index (χ1n) is 11.8. The van der Waals surface area contributed by atoms with Crippen LogP contribution in [0.2, 0.25) is 10.0 Å². The highest BCUT2D eigenvalue weighted by Gasteiger charge is 2.57. The zero-order valence-corrected chi connectivity index (χ0v) is 22.0. The summed E-state index contributed by atoms with van der Waals surface area (Å²) >= 11 is 12.1. The number of carbonyl (C=O) groups is 1. The van der Waals surface area contributed by atoms with Crippen LogP contribution in [0.1, 0.15) is 50.7 Å². The normalized spacial score (nSPS) is 25.1. The fourth-order valence-corrected chi connectivity index (χ4v) is 5.22. The molecule has 0 aliphatic carbocycles. The topological polar surface area (TPSA) is 108 Å². The molecular formula is C26H33Cl2F2N3O3. The Bertz CT molecular complexity index is 1100. The maximum absolute atomic E-state index is 15.5. The molecule has 10 heteroatoms. The molecule has 6 nitrogen and oxygen atoms in total. The third-order valence-electron chi connectivity index (χ3n) is 6.63. The molecule has 2 aromatic rings. The lowest BCUT2D eigenvalue weighted by atomic mass is 9.68. The van der Waals surface area contributed by atoms with E-state index in [4.69, 9.17) is 34.0 Å². The Morgan fingerprint density at radius 3 is 2.53 bits per heavy atom. The van der Waals surface area contributed by atoms with Gasteiger partial charge in [0.25, 0.3) is 0 Å². The Balaban J connectivity index is 2.16. The number of halogens is 4. The fourth-order valence-electron chi connectivity index (χ4n) is 4.92. The van der Waals surface area contributed by atoms with Crippen molar-refractivity contribution in [1.29, 1.82) is 0 Å². The Kier molecular flexibility index (Phi) is 9.02. The number of carbonyl (C=O) groups excluding carboxylic acids is 1. The van der Waals surface area contributed by atoms with E-state index in [0.29, 0.717) is 12.0 Å². The van der Waals surface area contributed by atoms with Crippen LogP contribution in [-0.4, -0.2) is 47.5 Å². The predicted octanol–water partition coefficient (Wildman–Crippen LogP) is 3.85. The van der Waals surface area contributed by atoms with Crippen molar-refractivity contribution in [2.75, 3.05) is 13.2 Å². The molecule has 6 N–H and O–H groups in total. The van der Waals surface area contributed by atoms with Crippen molar-refractivity contribution in [2.24, 2.45) is 11.1 Å². The number of aliphatic hydroxyl groups excluding tert-OH is 2. The Morgan fingerprint density at radius 1 is 1.22 bits per heavy atom. The Labute approximate surface area is 220 Å². The summed E-state index contributed by atoms with van der Waals surface area (Å²) in [6, 6.07) is 7.17. The van der Waals surface area contributed by atoms with Gasteiger partial charge in [0, 0.05) is 18.5 Å². The zero-order chi connectivity index (χ0) is 26.8. The molecule has 1 aliphatic heterocycles. The largest absolute Gasteiger partial charge is 0.394 e. The van der Waals surface area contributed by atoms with Crippen LogP contribution in [0, 0.1) is 17.0 Å². The molecule has 1 amide bonds. The van der Waals surface area contributed by atoms with Crippen LogP contribution in [-0.2, 0) is 10.3 Å². The van der Waals surface area contributed by atoms with Crippen molar-refractivity contribution in [3.05, 3.63) is 69.2 Å². The number of hydrogen-bond acceptors (Lipinski definition) is 5. The van der Waals surface area contributed by atoms with E-state index >= 15 is 4.39 Å². The number of nitrogens with two attached hydrogens (primary N) is 1.